The van der Waals surface area contributed by atoms with Crippen molar-refractivity contribution in [1.29, 1.82) is 0 Å². The summed E-state index contributed by atoms with van der Waals surface area (Å²) in [6.07, 6.45) is 3.47. The topological polar surface area (TPSA) is 102 Å². The molecule has 0 radical (unpaired) electrons. The molecule has 2 heterocycles. The molecule has 0 unspecified atom stereocenters. The number of nitrogens with two attached hydrogens (primary N) is 1. The molecule has 2 aromatic rings. The lowest BCUT2D eigenvalue weighted by molar-refractivity contribution is -0.138. The fourth-order valence-corrected chi connectivity index (χ4v) is 6.36. The Kier molecular flexibility index (Phi) is 7.41. The molecule has 2 aromatic carbocycles. The number of carbonyl (C=O) groups is 2. The van der Waals surface area contributed by atoms with E-state index in [-0.39, 0.29) is 47.7 Å². The van der Waals surface area contributed by atoms with Crippen LogP contribution in [0.25, 0.3) is 0 Å². The van der Waals surface area contributed by atoms with Crippen molar-refractivity contribution in [2.45, 2.75) is 43.2 Å². The van der Waals surface area contributed by atoms with Crippen LogP contribution in [0.5, 0.6) is 11.5 Å². The second kappa shape index (κ2) is 9.64. The highest BCUT2D eigenvalue weighted by molar-refractivity contribution is 5.93. The first kappa shape index (κ1) is 26.1. The minimum Gasteiger partial charge on any atom is -0.493 e. The van der Waals surface area contributed by atoms with Gasteiger partial charge in [-0.25, -0.2) is 4.79 Å². The smallest absolute Gasteiger partial charge is 0.337 e. The molecule has 3 N–H and O–H groups in total. The number of ketones is 1. The molecule has 6 rings (SSSR count). The molecule has 0 aromatic heterocycles. The van der Waals surface area contributed by atoms with Gasteiger partial charge in [0.25, 0.3) is 0 Å². The average molecular weight is 509 g/mol. The predicted molar refractivity (Wildman–Crippen MR) is 134 cm³/mol. The van der Waals surface area contributed by atoms with Crippen LogP contribution in [0.15, 0.2) is 36.4 Å². The number of hydrogen-bond acceptors (Lipinski definition) is 6. The molecule has 2 aliphatic carbocycles. The van der Waals surface area contributed by atoms with E-state index in [2.05, 4.69) is 18.0 Å². The molecular weight excluding hydrogens is 479 g/mol. The molecule has 7 nitrogen and oxygen atoms in total. The fourth-order valence-electron chi connectivity index (χ4n) is 6.36. The lowest BCUT2D eigenvalue weighted by Crippen LogP contribution is -2.65. The minimum absolute atomic E-state index is 0. The van der Waals surface area contributed by atoms with Crippen molar-refractivity contribution in [3.05, 3.63) is 53.1 Å². The van der Waals surface area contributed by atoms with E-state index in [1.807, 2.05) is 6.07 Å². The highest BCUT2D eigenvalue weighted by atomic mass is 35.5. The summed E-state index contributed by atoms with van der Waals surface area (Å²) in [6.45, 7) is 1.05. The van der Waals surface area contributed by atoms with Gasteiger partial charge in [-0.3, -0.25) is 4.79 Å². The Morgan fingerprint density at radius 2 is 1.97 bits per heavy atom. The molecule has 1 spiro atoms. The number of rotatable bonds is 2. The van der Waals surface area contributed by atoms with Gasteiger partial charge in [0.15, 0.2) is 23.4 Å². The van der Waals surface area contributed by atoms with Crippen LogP contribution < -0.4 is 15.2 Å². The first-order valence-corrected chi connectivity index (χ1v) is 11.1. The van der Waals surface area contributed by atoms with Crippen LogP contribution in [0, 0.1) is 5.92 Å². The van der Waals surface area contributed by atoms with Gasteiger partial charge in [0, 0.05) is 29.1 Å². The monoisotopic (exact) mass is 508 g/mol. The van der Waals surface area contributed by atoms with E-state index in [4.69, 9.17) is 20.3 Å². The number of piperidine rings is 1. The number of anilines is 1. The van der Waals surface area contributed by atoms with E-state index in [1.54, 1.807) is 25.3 Å². The number of carboxylic acid groups (broad SMARTS) is 1. The summed E-state index contributed by atoms with van der Waals surface area (Å²) < 4.78 is 11.8. The van der Waals surface area contributed by atoms with Crippen LogP contribution >= 0.6 is 24.8 Å². The maximum atomic E-state index is 12.6. The summed E-state index contributed by atoms with van der Waals surface area (Å²) >= 11 is 0. The lowest BCUT2D eigenvalue weighted by atomic mass is 9.52. The van der Waals surface area contributed by atoms with Gasteiger partial charge in [0.2, 0.25) is 0 Å². The molecule has 2 bridgehead atoms. The number of hydrogen-bond donors (Lipinski definition) is 2. The second-order valence-electron chi connectivity index (χ2n) is 9.18. The molecular formula is C25H30Cl2N2O5. The number of para-hydroxylation sites is 1. The number of Topliss-reactive ketones (excluding diaryl/α,β-unsaturated/α-hetero) is 1. The number of aromatic carboxylic acids is 1. The van der Waals surface area contributed by atoms with E-state index >= 15 is 0 Å². The molecule has 2 fully saturated rings. The zero-order valence-electron chi connectivity index (χ0n) is 19.2. The second-order valence-corrected chi connectivity index (χ2v) is 9.18. The normalized spacial score (nSPS) is 27.6. The Balaban J connectivity index is 0.000000232. The van der Waals surface area contributed by atoms with Crippen LogP contribution in [0.3, 0.4) is 0 Å². The van der Waals surface area contributed by atoms with Crippen molar-refractivity contribution in [2.24, 2.45) is 5.92 Å². The zero-order valence-corrected chi connectivity index (χ0v) is 20.8. The maximum absolute atomic E-state index is 12.6. The number of carboxylic acids is 1. The summed E-state index contributed by atoms with van der Waals surface area (Å²) in [4.78, 5) is 25.5. The van der Waals surface area contributed by atoms with Crippen molar-refractivity contribution in [2.75, 3.05) is 26.4 Å². The number of ether oxygens (including phenoxy) is 2. The van der Waals surface area contributed by atoms with Crippen molar-refractivity contribution >= 4 is 42.3 Å². The quantitative estimate of drug-likeness (QED) is 0.595. The fraction of sp³-hybridized carbons (Fsp3) is 0.440. The summed E-state index contributed by atoms with van der Waals surface area (Å²) in [6, 6.07) is 11.1. The highest BCUT2D eigenvalue weighted by Gasteiger charge is 2.65. The Morgan fingerprint density at radius 1 is 1.24 bits per heavy atom. The maximum Gasteiger partial charge on any atom is 0.337 e. The number of halogens is 2. The third kappa shape index (κ3) is 3.70. The van der Waals surface area contributed by atoms with Gasteiger partial charge in [-0.15, -0.1) is 24.8 Å². The van der Waals surface area contributed by atoms with Crippen LogP contribution in [0.1, 0.15) is 40.7 Å². The molecule has 4 atom stereocenters. The van der Waals surface area contributed by atoms with Crippen molar-refractivity contribution in [3.8, 4) is 11.5 Å². The Bertz CT molecular complexity index is 1110. The van der Waals surface area contributed by atoms with Crippen molar-refractivity contribution in [3.63, 3.8) is 0 Å². The van der Waals surface area contributed by atoms with E-state index < -0.39 is 5.97 Å². The predicted octanol–water partition coefficient (Wildman–Crippen LogP) is 3.74. The first-order chi connectivity index (χ1) is 15.4. The van der Waals surface area contributed by atoms with Gasteiger partial charge in [-0.2, -0.15) is 0 Å². The molecule has 2 aliphatic heterocycles. The Morgan fingerprint density at radius 3 is 2.62 bits per heavy atom. The van der Waals surface area contributed by atoms with E-state index in [1.165, 1.54) is 17.2 Å². The van der Waals surface area contributed by atoms with Gasteiger partial charge < -0.3 is 25.2 Å². The van der Waals surface area contributed by atoms with Gasteiger partial charge in [-0.1, -0.05) is 18.2 Å². The SMILES string of the molecule is COc1ccc2c3c1O[C@H]1C(=O)CC[C@H]4[C@@H](C2)N(C)CC[C@]314.Cl.Cl.Nc1ccccc1C(=O)O. The Labute approximate surface area is 211 Å². The first-order valence-electron chi connectivity index (χ1n) is 11.1. The van der Waals surface area contributed by atoms with Gasteiger partial charge in [0.05, 0.1) is 12.7 Å². The van der Waals surface area contributed by atoms with Crippen molar-refractivity contribution < 1.29 is 24.2 Å². The number of likely N-dealkylation sites (N-methyl/N-ethyl adjacent to an activating group) is 1. The molecule has 4 aliphatic rings. The third-order valence-electron chi connectivity index (χ3n) is 7.78. The van der Waals surface area contributed by atoms with Crippen molar-refractivity contribution in [1.82, 2.24) is 4.90 Å². The molecule has 1 saturated heterocycles. The molecule has 1 saturated carbocycles. The summed E-state index contributed by atoms with van der Waals surface area (Å²) in [5.41, 5.74) is 8.37. The standard InChI is InChI=1S/C18H21NO3.C7H7NO2.2ClH/c1-19-8-7-18-11-4-5-13(20)17(18)22-16-14(21-2)6-3-10(15(16)18)9-12(11)19;8-6-4-2-1-3-5(6)7(9)10;;/h3,6,11-12,17H,4-5,7-9H2,1-2H3;1-4H,8H2,(H,9,10);2*1H/t11-,12+,17-,18-;;;/m0.../s1. The molecule has 34 heavy (non-hydrogen) atoms. The van der Waals surface area contributed by atoms with Crippen LogP contribution in [-0.4, -0.2) is 54.6 Å². The zero-order chi connectivity index (χ0) is 22.6. The summed E-state index contributed by atoms with van der Waals surface area (Å²) in [5, 5.41) is 8.49. The molecule has 9 heteroatoms. The van der Waals surface area contributed by atoms with Gasteiger partial charge in [0.1, 0.15) is 0 Å². The van der Waals surface area contributed by atoms with Gasteiger partial charge in [-0.05, 0) is 62.5 Å². The number of nitrogens with zero attached hydrogens (tertiary/aromatic N) is 1. The number of methoxy groups -OCH3 is 1. The number of nitrogen functional groups attached to an aromatic ring is 1. The third-order valence-corrected chi connectivity index (χ3v) is 7.78. The highest BCUT2D eigenvalue weighted by Crippen LogP contribution is 2.63. The van der Waals surface area contributed by atoms with Crippen LogP contribution in [0.4, 0.5) is 5.69 Å². The largest absolute Gasteiger partial charge is 0.493 e. The average Bonchev–Trinajstić information content (AvgIpc) is 3.14. The number of benzene rings is 2. The minimum atomic E-state index is -0.988. The Hall–Kier alpha value is -2.48. The van der Waals surface area contributed by atoms with E-state index in [0.29, 0.717) is 24.1 Å². The van der Waals surface area contributed by atoms with Crippen LogP contribution in [-0.2, 0) is 16.6 Å². The van der Waals surface area contributed by atoms with Crippen LogP contribution in [0.2, 0.25) is 0 Å². The molecule has 184 valence electrons. The lowest BCUT2D eigenvalue weighted by Gasteiger charge is -2.57. The van der Waals surface area contributed by atoms with E-state index in [9.17, 15) is 9.59 Å². The van der Waals surface area contributed by atoms with E-state index in [0.717, 1.165) is 37.3 Å². The molecule has 0 amide bonds. The van der Waals surface area contributed by atoms with Gasteiger partial charge >= 0.3 is 5.97 Å². The summed E-state index contributed by atoms with van der Waals surface area (Å²) in [7, 11) is 3.91. The summed E-state index contributed by atoms with van der Waals surface area (Å²) in [5.74, 6) is 1.47. The number of carbonyl (C=O) groups excluding carboxylic acids is 1. The number of likely N-dealkylation sites (tertiary alicyclic amines) is 1.